The summed E-state index contributed by atoms with van der Waals surface area (Å²) in [5.41, 5.74) is 0.919. The van der Waals surface area contributed by atoms with Crippen LogP contribution < -0.4 is 15.5 Å². The van der Waals surface area contributed by atoms with E-state index < -0.39 is 17.7 Å². The molecular formula is C21H21ClF2N4O2. The van der Waals surface area contributed by atoms with E-state index in [2.05, 4.69) is 15.6 Å². The van der Waals surface area contributed by atoms with Crippen molar-refractivity contribution in [3.05, 3.63) is 66.0 Å². The summed E-state index contributed by atoms with van der Waals surface area (Å²) in [6, 6.07) is 9.32. The van der Waals surface area contributed by atoms with Crippen molar-refractivity contribution in [1.82, 2.24) is 10.3 Å². The molecule has 2 amide bonds. The van der Waals surface area contributed by atoms with E-state index in [0.717, 1.165) is 10.8 Å². The molecule has 0 bridgehead atoms. The maximum Gasteiger partial charge on any atom is 0.319 e. The van der Waals surface area contributed by atoms with Gasteiger partial charge in [-0.1, -0.05) is 12.1 Å². The van der Waals surface area contributed by atoms with Crippen LogP contribution in [0.3, 0.4) is 0 Å². The Bertz CT molecular complexity index is 1020. The molecule has 0 atom stereocenters. The summed E-state index contributed by atoms with van der Waals surface area (Å²) in [7, 11) is 0. The molecule has 1 saturated heterocycles. The molecule has 2 heterocycles. The van der Waals surface area contributed by atoms with Gasteiger partial charge in [0, 0.05) is 42.8 Å². The zero-order chi connectivity index (χ0) is 20.2. The summed E-state index contributed by atoms with van der Waals surface area (Å²) in [6.45, 7) is 1.75. The number of urea groups is 1. The molecule has 0 radical (unpaired) electrons. The second kappa shape index (κ2) is 9.69. The number of amides is 2. The second-order valence-corrected chi connectivity index (χ2v) is 6.72. The number of aromatic nitrogens is 1. The molecule has 1 aliphatic heterocycles. The van der Waals surface area contributed by atoms with Crippen LogP contribution in [0.2, 0.25) is 0 Å². The van der Waals surface area contributed by atoms with Gasteiger partial charge in [0.05, 0.1) is 18.9 Å². The van der Waals surface area contributed by atoms with Gasteiger partial charge < -0.3 is 20.3 Å². The molecule has 9 heteroatoms. The number of halogens is 3. The maximum atomic E-state index is 14.5. The zero-order valence-corrected chi connectivity index (χ0v) is 16.8. The molecule has 2 N–H and O–H groups in total. The van der Waals surface area contributed by atoms with Crippen molar-refractivity contribution in [3.63, 3.8) is 0 Å². The summed E-state index contributed by atoms with van der Waals surface area (Å²) in [5.74, 6) is -1.30. The van der Waals surface area contributed by atoms with Crippen molar-refractivity contribution < 1.29 is 18.3 Å². The Morgan fingerprint density at radius 3 is 2.60 bits per heavy atom. The van der Waals surface area contributed by atoms with E-state index in [-0.39, 0.29) is 24.6 Å². The molecule has 1 fully saturated rings. The highest BCUT2D eigenvalue weighted by atomic mass is 35.5. The van der Waals surface area contributed by atoms with Crippen LogP contribution in [0.1, 0.15) is 5.56 Å². The quantitative estimate of drug-likeness (QED) is 0.649. The first-order valence-electron chi connectivity index (χ1n) is 9.30. The van der Waals surface area contributed by atoms with E-state index >= 15 is 0 Å². The minimum atomic E-state index is -0.648. The smallest absolute Gasteiger partial charge is 0.319 e. The molecule has 3 aromatic rings. The Labute approximate surface area is 178 Å². The molecule has 1 aliphatic rings. The lowest BCUT2D eigenvalue weighted by Gasteiger charge is -2.29. The number of morpholine rings is 1. The number of rotatable bonds is 4. The average molecular weight is 435 g/mol. The lowest BCUT2D eigenvalue weighted by molar-refractivity contribution is 0.122. The third kappa shape index (κ3) is 4.77. The van der Waals surface area contributed by atoms with Gasteiger partial charge in [-0.05, 0) is 29.8 Å². The van der Waals surface area contributed by atoms with Gasteiger partial charge in [0.2, 0.25) is 0 Å². The molecule has 1 aromatic heterocycles. The summed E-state index contributed by atoms with van der Waals surface area (Å²) in [5, 5.41) is 7.14. The fourth-order valence-corrected chi connectivity index (χ4v) is 3.39. The van der Waals surface area contributed by atoms with Gasteiger partial charge in [-0.25, -0.2) is 13.6 Å². The molecule has 158 valence electrons. The monoisotopic (exact) mass is 434 g/mol. The number of nitrogens with zero attached hydrogens (tertiary/aromatic N) is 2. The van der Waals surface area contributed by atoms with Crippen molar-refractivity contribution in [2.75, 3.05) is 36.5 Å². The minimum absolute atomic E-state index is 0. The first kappa shape index (κ1) is 21.7. The van der Waals surface area contributed by atoms with Gasteiger partial charge in [-0.3, -0.25) is 4.98 Å². The fourth-order valence-electron chi connectivity index (χ4n) is 3.39. The molecule has 6 nitrogen and oxygen atoms in total. The van der Waals surface area contributed by atoms with Crippen LogP contribution in [-0.2, 0) is 11.3 Å². The van der Waals surface area contributed by atoms with E-state index in [1.807, 2.05) is 12.1 Å². The highest BCUT2D eigenvalue weighted by molar-refractivity contribution is 6.01. The topological polar surface area (TPSA) is 66.5 Å². The van der Waals surface area contributed by atoms with E-state index in [1.165, 1.54) is 12.1 Å². The van der Waals surface area contributed by atoms with E-state index in [0.29, 0.717) is 37.6 Å². The molecule has 0 saturated carbocycles. The largest absolute Gasteiger partial charge is 0.378 e. The average Bonchev–Trinajstić information content (AvgIpc) is 2.73. The number of carbonyl (C=O) groups excluding carboxylic acids is 1. The van der Waals surface area contributed by atoms with Crippen molar-refractivity contribution in [2.45, 2.75) is 6.54 Å². The number of hydrogen-bond acceptors (Lipinski definition) is 4. The Morgan fingerprint density at radius 2 is 1.87 bits per heavy atom. The van der Waals surface area contributed by atoms with E-state index in [4.69, 9.17) is 4.74 Å². The number of anilines is 2. The summed E-state index contributed by atoms with van der Waals surface area (Å²) >= 11 is 0. The first-order chi connectivity index (χ1) is 14.1. The molecule has 0 unspecified atom stereocenters. The SMILES string of the molecule is Cl.O=C(NCc1cc(F)c(N2CCOCC2)c(F)c1)Nc1cccc2cnccc12. The van der Waals surface area contributed by atoms with Crippen molar-refractivity contribution in [1.29, 1.82) is 0 Å². The summed E-state index contributed by atoms with van der Waals surface area (Å²) in [4.78, 5) is 18.0. The predicted octanol–water partition coefficient (Wildman–Crippen LogP) is 4.09. The number of nitrogens with one attached hydrogen (secondary N) is 2. The number of carbonyl (C=O) groups is 1. The Hall–Kier alpha value is -2.97. The van der Waals surface area contributed by atoms with Crippen LogP contribution >= 0.6 is 12.4 Å². The molecule has 30 heavy (non-hydrogen) atoms. The van der Waals surface area contributed by atoms with E-state index in [1.54, 1.807) is 29.4 Å². The standard InChI is InChI=1S/C21H20F2N4O2.ClH/c22-17-10-14(11-18(23)20(17)27-6-8-29-9-7-27)12-25-21(28)26-19-3-1-2-15-13-24-5-4-16(15)19;/h1-5,10-11,13H,6-9,12H2,(H2,25,26,28);1H. The minimum Gasteiger partial charge on any atom is -0.378 e. The van der Waals surface area contributed by atoms with Crippen LogP contribution in [-0.4, -0.2) is 37.3 Å². The van der Waals surface area contributed by atoms with Gasteiger partial charge in [0.15, 0.2) is 0 Å². The first-order valence-corrected chi connectivity index (χ1v) is 9.30. The third-order valence-corrected chi connectivity index (χ3v) is 4.79. The van der Waals surface area contributed by atoms with Crippen LogP contribution in [0.5, 0.6) is 0 Å². The molecule has 4 rings (SSSR count). The fraction of sp³-hybridized carbons (Fsp3) is 0.238. The van der Waals surface area contributed by atoms with Crippen LogP contribution in [0.15, 0.2) is 48.8 Å². The van der Waals surface area contributed by atoms with Crippen LogP contribution in [0.4, 0.5) is 25.0 Å². The maximum absolute atomic E-state index is 14.5. The number of pyridine rings is 1. The van der Waals surface area contributed by atoms with Crippen molar-refractivity contribution in [3.8, 4) is 0 Å². The lowest BCUT2D eigenvalue weighted by Crippen LogP contribution is -2.37. The Morgan fingerprint density at radius 1 is 1.13 bits per heavy atom. The number of ether oxygens (including phenoxy) is 1. The van der Waals surface area contributed by atoms with E-state index in [9.17, 15) is 13.6 Å². The van der Waals surface area contributed by atoms with Crippen molar-refractivity contribution in [2.24, 2.45) is 0 Å². The summed E-state index contributed by atoms with van der Waals surface area (Å²) < 4.78 is 34.2. The summed E-state index contributed by atoms with van der Waals surface area (Å²) in [6.07, 6.45) is 3.35. The predicted molar refractivity (Wildman–Crippen MR) is 114 cm³/mol. The molecule has 2 aromatic carbocycles. The molecule has 0 aliphatic carbocycles. The molecule has 0 spiro atoms. The van der Waals surface area contributed by atoms with Gasteiger partial charge in [-0.15, -0.1) is 12.4 Å². The Balaban J connectivity index is 0.00000256. The highest BCUT2D eigenvalue weighted by Crippen LogP contribution is 2.26. The van der Waals surface area contributed by atoms with Crippen molar-refractivity contribution >= 4 is 40.6 Å². The second-order valence-electron chi connectivity index (χ2n) is 6.72. The van der Waals surface area contributed by atoms with Gasteiger partial charge in [0.25, 0.3) is 0 Å². The highest BCUT2D eigenvalue weighted by Gasteiger charge is 2.20. The lowest BCUT2D eigenvalue weighted by atomic mass is 10.1. The Kier molecular flexibility index (Phi) is 7.02. The number of hydrogen-bond donors (Lipinski definition) is 2. The number of fused-ring (bicyclic) bond motifs is 1. The zero-order valence-electron chi connectivity index (χ0n) is 16.0. The third-order valence-electron chi connectivity index (χ3n) is 4.79. The van der Waals surface area contributed by atoms with Gasteiger partial charge in [0.1, 0.15) is 17.3 Å². The van der Waals surface area contributed by atoms with Gasteiger partial charge >= 0.3 is 6.03 Å². The normalized spacial score (nSPS) is 13.6. The molecular weight excluding hydrogens is 414 g/mol. The van der Waals surface area contributed by atoms with Crippen LogP contribution in [0.25, 0.3) is 10.8 Å². The van der Waals surface area contributed by atoms with Gasteiger partial charge in [-0.2, -0.15) is 0 Å². The van der Waals surface area contributed by atoms with Crippen LogP contribution in [0, 0.1) is 11.6 Å². The number of benzene rings is 2.